The lowest BCUT2D eigenvalue weighted by molar-refractivity contribution is -0.138. The van der Waals surface area contributed by atoms with Crippen LogP contribution in [0.5, 0.6) is 0 Å². The first kappa shape index (κ1) is 15.9. The fraction of sp³-hybridized carbons (Fsp3) is 0.467. The van der Waals surface area contributed by atoms with E-state index in [1.54, 1.807) is 11.3 Å². The van der Waals surface area contributed by atoms with Gasteiger partial charge in [0, 0.05) is 13.1 Å². The molecule has 114 valence electrons. The van der Waals surface area contributed by atoms with Crippen molar-refractivity contribution < 1.29 is 9.90 Å². The zero-order chi connectivity index (χ0) is 15.4. The molecule has 1 atom stereocenters. The van der Waals surface area contributed by atoms with E-state index in [9.17, 15) is 4.79 Å². The number of benzene rings is 1. The normalized spacial score (nSPS) is 13.2. The van der Waals surface area contributed by atoms with Crippen molar-refractivity contribution in [3.63, 3.8) is 0 Å². The van der Waals surface area contributed by atoms with Gasteiger partial charge in [0.1, 0.15) is 5.01 Å². The van der Waals surface area contributed by atoms with Crippen LogP contribution in [0.2, 0.25) is 0 Å². The molecule has 0 aliphatic heterocycles. The Hall–Kier alpha value is -1.50. The van der Waals surface area contributed by atoms with Crippen LogP contribution in [0.3, 0.4) is 0 Å². The molecule has 0 aliphatic carbocycles. The molecule has 1 unspecified atom stereocenters. The van der Waals surface area contributed by atoms with Gasteiger partial charge in [0.2, 0.25) is 0 Å². The van der Waals surface area contributed by atoms with E-state index in [4.69, 9.17) is 5.11 Å². The van der Waals surface area contributed by atoms with Crippen LogP contribution >= 0.6 is 11.3 Å². The molecule has 0 radical (unpaired) electrons. The number of aromatic nitrogens is 1. The SMILES string of the molecule is CC(c1nc2ccccc2s1)N(CCN(C)C)CC(=O)O. The Morgan fingerprint density at radius 2 is 2.05 bits per heavy atom. The summed E-state index contributed by atoms with van der Waals surface area (Å²) in [5, 5.41) is 10.1. The van der Waals surface area contributed by atoms with Crippen LogP contribution in [0, 0.1) is 0 Å². The van der Waals surface area contributed by atoms with E-state index in [1.165, 1.54) is 0 Å². The largest absolute Gasteiger partial charge is 0.480 e. The molecule has 1 aromatic heterocycles. The number of thiazole rings is 1. The summed E-state index contributed by atoms with van der Waals surface area (Å²) < 4.78 is 1.14. The van der Waals surface area contributed by atoms with Gasteiger partial charge in [0.15, 0.2) is 0 Å². The number of hydrogen-bond donors (Lipinski definition) is 1. The summed E-state index contributed by atoms with van der Waals surface area (Å²) >= 11 is 1.64. The Morgan fingerprint density at radius 3 is 2.67 bits per heavy atom. The van der Waals surface area contributed by atoms with Crippen molar-refractivity contribution in [1.29, 1.82) is 0 Å². The lowest BCUT2D eigenvalue weighted by atomic mass is 10.2. The first-order chi connectivity index (χ1) is 9.97. The molecule has 0 aliphatic rings. The monoisotopic (exact) mass is 307 g/mol. The second-order valence-electron chi connectivity index (χ2n) is 5.36. The first-order valence-electron chi connectivity index (χ1n) is 6.93. The number of likely N-dealkylation sites (N-methyl/N-ethyl adjacent to an activating group) is 1. The van der Waals surface area contributed by atoms with E-state index < -0.39 is 5.97 Å². The summed E-state index contributed by atoms with van der Waals surface area (Å²) in [6.07, 6.45) is 0. The molecular weight excluding hydrogens is 286 g/mol. The number of hydrogen-bond acceptors (Lipinski definition) is 5. The predicted octanol–water partition coefficient (Wildman–Crippen LogP) is 2.31. The quantitative estimate of drug-likeness (QED) is 0.850. The van der Waals surface area contributed by atoms with Gasteiger partial charge >= 0.3 is 5.97 Å². The van der Waals surface area contributed by atoms with Gasteiger partial charge in [-0.25, -0.2) is 4.98 Å². The maximum atomic E-state index is 11.1. The van der Waals surface area contributed by atoms with Crippen LogP contribution in [0.25, 0.3) is 10.2 Å². The van der Waals surface area contributed by atoms with Crippen molar-refractivity contribution in [1.82, 2.24) is 14.8 Å². The predicted molar refractivity (Wildman–Crippen MR) is 85.8 cm³/mol. The zero-order valence-electron chi connectivity index (χ0n) is 12.6. The summed E-state index contributed by atoms with van der Waals surface area (Å²) in [5.74, 6) is -0.804. The molecule has 5 nitrogen and oxygen atoms in total. The molecule has 0 amide bonds. The molecule has 0 saturated heterocycles. The first-order valence-corrected chi connectivity index (χ1v) is 7.75. The second-order valence-corrected chi connectivity index (χ2v) is 6.43. The highest BCUT2D eigenvalue weighted by molar-refractivity contribution is 7.18. The fourth-order valence-electron chi connectivity index (χ4n) is 2.14. The topological polar surface area (TPSA) is 56.7 Å². The lowest BCUT2D eigenvalue weighted by Crippen LogP contribution is -2.37. The molecule has 1 aromatic carbocycles. The van der Waals surface area contributed by atoms with E-state index in [-0.39, 0.29) is 12.6 Å². The third-order valence-corrected chi connectivity index (χ3v) is 4.59. The summed E-state index contributed by atoms with van der Waals surface area (Å²) in [5.41, 5.74) is 0.979. The number of nitrogens with zero attached hydrogens (tertiary/aromatic N) is 3. The maximum Gasteiger partial charge on any atom is 0.317 e. The number of rotatable bonds is 7. The highest BCUT2D eigenvalue weighted by Crippen LogP contribution is 2.29. The summed E-state index contributed by atoms with van der Waals surface area (Å²) in [4.78, 5) is 19.7. The minimum Gasteiger partial charge on any atom is -0.480 e. The van der Waals surface area contributed by atoms with Crippen molar-refractivity contribution in [3.05, 3.63) is 29.3 Å². The standard InChI is InChI=1S/C15H21N3O2S/c1-11(18(10-14(19)20)9-8-17(2)3)15-16-12-6-4-5-7-13(12)21-15/h4-7,11H,8-10H2,1-3H3,(H,19,20). The minimum atomic E-state index is -0.804. The number of carbonyl (C=O) groups is 1. The Balaban J connectivity index is 2.18. The van der Waals surface area contributed by atoms with E-state index in [2.05, 4.69) is 9.88 Å². The molecule has 0 bridgehead atoms. The van der Waals surface area contributed by atoms with Crippen LogP contribution in [0.1, 0.15) is 18.0 Å². The molecule has 0 saturated carbocycles. The van der Waals surface area contributed by atoms with Crippen molar-refractivity contribution >= 4 is 27.5 Å². The number of carboxylic acid groups (broad SMARTS) is 1. The van der Waals surface area contributed by atoms with Crippen molar-refractivity contribution in [3.8, 4) is 0 Å². The molecule has 0 spiro atoms. The van der Waals surface area contributed by atoms with Crippen molar-refractivity contribution in [2.75, 3.05) is 33.7 Å². The fourth-order valence-corrected chi connectivity index (χ4v) is 3.19. The summed E-state index contributed by atoms with van der Waals surface area (Å²) in [6, 6.07) is 8.00. The number of fused-ring (bicyclic) bond motifs is 1. The highest BCUT2D eigenvalue weighted by Gasteiger charge is 2.21. The van der Waals surface area contributed by atoms with Gasteiger partial charge in [-0.1, -0.05) is 12.1 Å². The maximum absolute atomic E-state index is 11.1. The second kappa shape index (κ2) is 6.98. The third kappa shape index (κ3) is 4.23. The Labute approximate surface area is 128 Å². The Morgan fingerprint density at radius 1 is 1.33 bits per heavy atom. The van der Waals surface area contributed by atoms with E-state index in [0.717, 1.165) is 21.8 Å². The van der Waals surface area contributed by atoms with Crippen molar-refractivity contribution in [2.45, 2.75) is 13.0 Å². The number of carboxylic acids is 1. The van der Waals surface area contributed by atoms with Crippen LogP contribution < -0.4 is 0 Å². The number of para-hydroxylation sites is 1. The van der Waals surface area contributed by atoms with E-state index in [1.807, 2.05) is 50.2 Å². The average molecular weight is 307 g/mol. The van der Waals surface area contributed by atoms with Crippen LogP contribution in [0.4, 0.5) is 0 Å². The lowest BCUT2D eigenvalue weighted by Gasteiger charge is -2.27. The van der Waals surface area contributed by atoms with Crippen LogP contribution in [-0.2, 0) is 4.79 Å². The van der Waals surface area contributed by atoms with E-state index >= 15 is 0 Å². The molecule has 1 N–H and O–H groups in total. The van der Waals surface area contributed by atoms with Gasteiger partial charge in [-0.05, 0) is 33.2 Å². The molecule has 0 fully saturated rings. The summed E-state index contributed by atoms with van der Waals surface area (Å²) in [7, 11) is 3.97. The van der Waals surface area contributed by atoms with Gasteiger partial charge in [-0.2, -0.15) is 0 Å². The van der Waals surface area contributed by atoms with Gasteiger partial charge < -0.3 is 10.0 Å². The molecular formula is C15H21N3O2S. The van der Waals surface area contributed by atoms with Gasteiger partial charge in [-0.15, -0.1) is 11.3 Å². The molecule has 1 heterocycles. The van der Waals surface area contributed by atoms with Gasteiger partial charge in [0.25, 0.3) is 0 Å². The molecule has 6 heteroatoms. The summed E-state index contributed by atoms with van der Waals surface area (Å²) in [6.45, 7) is 3.58. The van der Waals surface area contributed by atoms with Gasteiger partial charge in [0.05, 0.1) is 22.8 Å². The molecule has 2 rings (SSSR count). The Kier molecular flexibility index (Phi) is 5.27. The average Bonchev–Trinajstić information content (AvgIpc) is 2.86. The smallest absolute Gasteiger partial charge is 0.317 e. The minimum absolute atomic E-state index is 0.00144. The van der Waals surface area contributed by atoms with Crippen LogP contribution in [0.15, 0.2) is 24.3 Å². The zero-order valence-corrected chi connectivity index (χ0v) is 13.4. The number of aliphatic carboxylic acids is 1. The van der Waals surface area contributed by atoms with Gasteiger partial charge in [-0.3, -0.25) is 9.69 Å². The van der Waals surface area contributed by atoms with Crippen LogP contribution in [-0.4, -0.2) is 59.6 Å². The van der Waals surface area contributed by atoms with E-state index in [0.29, 0.717) is 6.54 Å². The third-order valence-electron chi connectivity index (χ3n) is 3.39. The highest BCUT2D eigenvalue weighted by atomic mass is 32.1. The van der Waals surface area contributed by atoms with Crippen molar-refractivity contribution in [2.24, 2.45) is 0 Å². The molecule has 21 heavy (non-hydrogen) atoms. The Bertz CT molecular complexity index is 579. The molecule has 2 aromatic rings.